The molecular weight excluding hydrogens is 388 g/mol. The van der Waals surface area contributed by atoms with Gasteiger partial charge in [0.15, 0.2) is 6.61 Å². The van der Waals surface area contributed by atoms with Crippen molar-refractivity contribution in [3.63, 3.8) is 0 Å². The average Bonchev–Trinajstić information content (AvgIpc) is 3.17. The lowest BCUT2D eigenvalue weighted by atomic mass is 10.0. The maximum Gasteiger partial charge on any atom is 0.339 e. The molecule has 1 aliphatic rings. The highest BCUT2D eigenvalue weighted by molar-refractivity contribution is 6.07. The summed E-state index contributed by atoms with van der Waals surface area (Å²) in [6.07, 6.45) is 5.21. The fourth-order valence-corrected chi connectivity index (χ4v) is 3.82. The summed E-state index contributed by atoms with van der Waals surface area (Å²) in [7, 11) is 0. The minimum Gasteiger partial charge on any atom is -0.452 e. The van der Waals surface area contributed by atoms with Crippen LogP contribution in [0, 0.1) is 6.92 Å². The lowest BCUT2D eigenvalue weighted by Crippen LogP contribution is -2.29. The number of carbonyl (C=O) groups excluding carboxylic acids is 2. The topological polar surface area (TPSA) is 68.3 Å². The third-order valence-corrected chi connectivity index (χ3v) is 5.34. The lowest BCUT2D eigenvalue weighted by molar-refractivity contribution is -0.124. The molecule has 1 aromatic heterocycles. The molecule has 0 unspecified atom stereocenters. The number of nitrogens with one attached hydrogen (secondary N) is 1. The fraction of sp³-hybridized carbons (Fsp3) is 0.192. The highest BCUT2D eigenvalue weighted by atomic mass is 16.5. The van der Waals surface area contributed by atoms with Gasteiger partial charge in [0.25, 0.3) is 5.91 Å². The molecular formula is C26H24N2O3. The first-order valence-corrected chi connectivity index (χ1v) is 10.3. The summed E-state index contributed by atoms with van der Waals surface area (Å²) >= 11 is 0. The van der Waals surface area contributed by atoms with Crippen molar-refractivity contribution < 1.29 is 14.3 Å². The number of fused-ring (bicyclic) bond motifs is 2. The zero-order valence-corrected chi connectivity index (χ0v) is 17.5. The Morgan fingerprint density at radius 2 is 1.90 bits per heavy atom. The number of aromatic nitrogens is 1. The number of pyridine rings is 1. The minimum absolute atomic E-state index is 0.329. The van der Waals surface area contributed by atoms with Crippen molar-refractivity contribution in [1.82, 2.24) is 10.3 Å². The highest BCUT2D eigenvalue weighted by Crippen LogP contribution is 2.37. The van der Waals surface area contributed by atoms with E-state index in [-0.39, 0.29) is 12.5 Å². The first kappa shape index (κ1) is 20.5. The van der Waals surface area contributed by atoms with Gasteiger partial charge in [0.1, 0.15) is 0 Å². The Morgan fingerprint density at radius 1 is 1.13 bits per heavy atom. The zero-order chi connectivity index (χ0) is 21.8. The van der Waals surface area contributed by atoms with E-state index < -0.39 is 5.97 Å². The third kappa shape index (κ3) is 4.40. The Hall–Kier alpha value is -3.73. The van der Waals surface area contributed by atoms with Crippen LogP contribution in [0.4, 0.5) is 0 Å². The van der Waals surface area contributed by atoms with Crippen LogP contribution in [0.2, 0.25) is 0 Å². The quantitative estimate of drug-likeness (QED) is 0.478. The maximum absolute atomic E-state index is 13.0. The fourth-order valence-electron chi connectivity index (χ4n) is 3.82. The number of hydrogen-bond donors (Lipinski definition) is 1. The number of esters is 1. The lowest BCUT2D eigenvalue weighted by Gasteiger charge is -2.12. The van der Waals surface area contributed by atoms with E-state index in [4.69, 9.17) is 9.72 Å². The molecule has 0 saturated carbocycles. The number of para-hydroxylation sites is 1. The average molecular weight is 412 g/mol. The van der Waals surface area contributed by atoms with Crippen LogP contribution >= 0.6 is 0 Å². The standard InChI is InChI=1S/C26H24N2O3/c1-3-14-27-23(29)16-31-26(30)24-20-6-4-5-7-22(20)28-25-19(12-13-21(24)25)15-18-10-8-17(2)9-11-18/h3-11,15H,1,12-14,16H2,2H3,(H,27,29)/b19-15-. The van der Waals surface area contributed by atoms with Gasteiger partial charge in [0.05, 0.1) is 16.8 Å². The van der Waals surface area contributed by atoms with Crippen molar-refractivity contribution in [3.05, 3.63) is 89.1 Å². The van der Waals surface area contributed by atoms with Gasteiger partial charge in [0, 0.05) is 11.9 Å². The van der Waals surface area contributed by atoms with E-state index in [0.717, 1.165) is 39.7 Å². The van der Waals surface area contributed by atoms with Crippen molar-refractivity contribution in [1.29, 1.82) is 0 Å². The number of rotatable bonds is 6. The first-order chi connectivity index (χ1) is 15.1. The van der Waals surface area contributed by atoms with Crippen LogP contribution in [-0.2, 0) is 16.0 Å². The highest BCUT2D eigenvalue weighted by Gasteiger charge is 2.27. The summed E-state index contributed by atoms with van der Waals surface area (Å²) in [5.41, 5.74) is 6.37. The van der Waals surface area contributed by atoms with Crippen molar-refractivity contribution in [2.45, 2.75) is 19.8 Å². The summed E-state index contributed by atoms with van der Waals surface area (Å²) < 4.78 is 5.35. The van der Waals surface area contributed by atoms with E-state index in [1.165, 1.54) is 5.56 Å². The molecule has 31 heavy (non-hydrogen) atoms. The Morgan fingerprint density at radius 3 is 2.68 bits per heavy atom. The Bertz CT molecular complexity index is 1190. The molecule has 1 heterocycles. The van der Waals surface area contributed by atoms with Gasteiger partial charge >= 0.3 is 5.97 Å². The summed E-state index contributed by atoms with van der Waals surface area (Å²) in [6, 6.07) is 15.9. The molecule has 0 saturated heterocycles. The van der Waals surface area contributed by atoms with E-state index in [2.05, 4.69) is 49.2 Å². The maximum atomic E-state index is 13.0. The second-order valence-corrected chi connectivity index (χ2v) is 7.58. The molecule has 1 amide bonds. The van der Waals surface area contributed by atoms with E-state index in [9.17, 15) is 9.59 Å². The number of benzene rings is 2. The Balaban J connectivity index is 1.71. The molecule has 0 spiro atoms. The van der Waals surface area contributed by atoms with Gasteiger partial charge in [-0.2, -0.15) is 0 Å². The van der Waals surface area contributed by atoms with Crippen molar-refractivity contribution in [2.24, 2.45) is 0 Å². The van der Waals surface area contributed by atoms with Crippen molar-refractivity contribution in [3.8, 4) is 0 Å². The first-order valence-electron chi connectivity index (χ1n) is 10.3. The molecule has 0 atom stereocenters. The molecule has 156 valence electrons. The predicted octanol–water partition coefficient (Wildman–Crippen LogP) is 4.49. The summed E-state index contributed by atoms with van der Waals surface area (Å²) in [6.45, 7) is 5.62. The van der Waals surface area contributed by atoms with Gasteiger partial charge in [-0.05, 0) is 48.6 Å². The SMILES string of the molecule is C=CCNC(=O)COC(=O)c1c2c(nc3ccccc13)/C(=C\c1ccc(C)cc1)CC2. The molecule has 1 aliphatic carbocycles. The van der Waals surface area contributed by atoms with Crippen LogP contribution < -0.4 is 5.32 Å². The van der Waals surface area contributed by atoms with E-state index in [0.29, 0.717) is 18.5 Å². The number of allylic oxidation sites excluding steroid dienone is 1. The van der Waals surface area contributed by atoms with Gasteiger partial charge in [-0.3, -0.25) is 4.79 Å². The van der Waals surface area contributed by atoms with E-state index in [1.807, 2.05) is 24.3 Å². The molecule has 5 nitrogen and oxygen atoms in total. The minimum atomic E-state index is -0.500. The van der Waals surface area contributed by atoms with Crippen molar-refractivity contribution in [2.75, 3.05) is 13.2 Å². The predicted molar refractivity (Wildman–Crippen MR) is 123 cm³/mol. The van der Waals surface area contributed by atoms with Crippen LogP contribution in [-0.4, -0.2) is 30.0 Å². The number of amides is 1. The second kappa shape index (κ2) is 8.96. The molecule has 0 bridgehead atoms. The summed E-state index contributed by atoms with van der Waals surface area (Å²) in [5.74, 6) is -0.858. The second-order valence-electron chi connectivity index (χ2n) is 7.58. The Kier molecular flexibility index (Phi) is 5.94. The molecule has 0 aliphatic heterocycles. The normalized spacial score (nSPS) is 13.8. The van der Waals surface area contributed by atoms with Gasteiger partial charge < -0.3 is 10.1 Å². The third-order valence-electron chi connectivity index (χ3n) is 5.34. The van der Waals surface area contributed by atoms with E-state index >= 15 is 0 Å². The van der Waals surface area contributed by atoms with E-state index in [1.54, 1.807) is 6.08 Å². The largest absolute Gasteiger partial charge is 0.452 e. The van der Waals surface area contributed by atoms with Gasteiger partial charge in [-0.25, -0.2) is 9.78 Å². The van der Waals surface area contributed by atoms with Crippen molar-refractivity contribution >= 4 is 34.4 Å². The summed E-state index contributed by atoms with van der Waals surface area (Å²) in [5, 5.41) is 3.36. The molecule has 3 aromatic rings. The van der Waals surface area contributed by atoms with Crippen LogP contribution in [0.1, 0.15) is 39.2 Å². The number of hydrogen-bond acceptors (Lipinski definition) is 4. The summed E-state index contributed by atoms with van der Waals surface area (Å²) in [4.78, 5) is 29.7. The van der Waals surface area contributed by atoms with Gasteiger partial charge in [-0.15, -0.1) is 6.58 Å². The Labute approximate surface area is 181 Å². The molecule has 0 radical (unpaired) electrons. The number of aryl methyl sites for hydroxylation is 1. The molecule has 0 fully saturated rings. The zero-order valence-electron chi connectivity index (χ0n) is 17.5. The molecule has 5 heteroatoms. The van der Waals surface area contributed by atoms with Crippen LogP contribution in [0.5, 0.6) is 0 Å². The molecule has 4 rings (SSSR count). The molecule has 2 aromatic carbocycles. The number of carbonyl (C=O) groups is 2. The van der Waals surface area contributed by atoms with Crippen LogP contribution in [0.15, 0.2) is 61.2 Å². The van der Waals surface area contributed by atoms with Gasteiger partial charge in [-0.1, -0.05) is 54.1 Å². The van der Waals surface area contributed by atoms with Gasteiger partial charge in [0.2, 0.25) is 0 Å². The smallest absolute Gasteiger partial charge is 0.339 e. The monoisotopic (exact) mass is 412 g/mol. The van der Waals surface area contributed by atoms with Crippen LogP contribution in [0.25, 0.3) is 22.6 Å². The molecule has 1 N–H and O–H groups in total. The van der Waals surface area contributed by atoms with Crippen LogP contribution in [0.3, 0.4) is 0 Å². The number of ether oxygens (including phenoxy) is 1. The number of nitrogens with zero attached hydrogens (tertiary/aromatic N) is 1.